The number of benzene rings is 2. The van der Waals surface area contributed by atoms with Crippen LogP contribution in [0, 0.1) is 5.92 Å². The van der Waals surface area contributed by atoms with Crippen molar-refractivity contribution in [1.82, 2.24) is 0 Å². The molecule has 0 radical (unpaired) electrons. The van der Waals surface area contributed by atoms with Crippen LogP contribution in [-0.2, 0) is 25.5 Å². The summed E-state index contributed by atoms with van der Waals surface area (Å²) in [5, 5.41) is 0. The fraction of sp³-hybridized carbons (Fsp3) is 0.360. The van der Waals surface area contributed by atoms with Crippen LogP contribution in [-0.4, -0.2) is 30.6 Å². The molecule has 1 aliphatic carbocycles. The second-order valence-corrected chi connectivity index (χ2v) is 7.75. The van der Waals surface area contributed by atoms with Crippen molar-refractivity contribution in [1.29, 1.82) is 0 Å². The predicted octanol–water partition coefficient (Wildman–Crippen LogP) is 4.23. The highest BCUT2D eigenvalue weighted by molar-refractivity contribution is 5.96. The highest BCUT2D eigenvalue weighted by Gasteiger charge is 2.42. The third-order valence-corrected chi connectivity index (χ3v) is 5.63. The molecule has 6 heteroatoms. The van der Waals surface area contributed by atoms with Crippen molar-refractivity contribution >= 4 is 11.8 Å². The van der Waals surface area contributed by atoms with Gasteiger partial charge in [-0.05, 0) is 49.1 Å². The smallest absolute Gasteiger partial charge is 0.344 e. The van der Waals surface area contributed by atoms with Gasteiger partial charge in [-0.2, -0.15) is 0 Å². The summed E-state index contributed by atoms with van der Waals surface area (Å²) in [4.78, 5) is 25.0. The van der Waals surface area contributed by atoms with Gasteiger partial charge in [0.25, 0.3) is 0 Å². The Hall–Kier alpha value is -3.28. The zero-order chi connectivity index (χ0) is 21.6. The van der Waals surface area contributed by atoms with Crippen LogP contribution in [0.5, 0.6) is 11.5 Å². The summed E-state index contributed by atoms with van der Waals surface area (Å²) >= 11 is 0. The number of ether oxygens (including phenoxy) is 4. The van der Waals surface area contributed by atoms with Crippen LogP contribution in [0.4, 0.5) is 0 Å². The van der Waals surface area contributed by atoms with Crippen LogP contribution in [0.2, 0.25) is 0 Å². The molecule has 2 aromatic carbocycles. The summed E-state index contributed by atoms with van der Waals surface area (Å²) < 4.78 is 22.5. The summed E-state index contributed by atoms with van der Waals surface area (Å²) in [5.41, 5.74) is 1.20. The molecule has 1 heterocycles. The van der Waals surface area contributed by atoms with Gasteiger partial charge in [0.15, 0.2) is 6.61 Å². The van der Waals surface area contributed by atoms with E-state index >= 15 is 0 Å². The SMILES string of the molecule is CCc1ccc(OC2=COC3CC(OC(=O)COc4ccccc4)CCC3C2=O)cc1. The highest BCUT2D eigenvalue weighted by Crippen LogP contribution is 2.35. The molecule has 4 rings (SSSR count). The molecule has 0 N–H and O–H groups in total. The number of aryl methyl sites for hydroxylation is 1. The molecule has 6 nitrogen and oxygen atoms in total. The Bertz CT molecular complexity index is 934. The molecule has 0 spiro atoms. The number of para-hydroxylation sites is 1. The monoisotopic (exact) mass is 422 g/mol. The number of hydrogen-bond donors (Lipinski definition) is 0. The minimum Gasteiger partial charge on any atom is -0.493 e. The molecule has 0 bridgehead atoms. The van der Waals surface area contributed by atoms with E-state index in [0.717, 1.165) is 6.42 Å². The highest BCUT2D eigenvalue weighted by atomic mass is 16.6. The fourth-order valence-corrected chi connectivity index (χ4v) is 3.91. The van der Waals surface area contributed by atoms with Crippen LogP contribution in [0.25, 0.3) is 0 Å². The van der Waals surface area contributed by atoms with Gasteiger partial charge in [-0.15, -0.1) is 0 Å². The lowest BCUT2D eigenvalue weighted by molar-refractivity contribution is -0.157. The zero-order valence-electron chi connectivity index (χ0n) is 17.5. The van der Waals surface area contributed by atoms with Crippen molar-refractivity contribution in [2.45, 2.75) is 44.8 Å². The number of ketones is 1. The Kier molecular flexibility index (Phi) is 6.55. The average Bonchev–Trinajstić information content (AvgIpc) is 2.81. The van der Waals surface area contributed by atoms with Crippen LogP contribution >= 0.6 is 0 Å². The van der Waals surface area contributed by atoms with Crippen molar-refractivity contribution in [3.05, 3.63) is 72.2 Å². The van der Waals surface area contributed by atoms with Crippen LogP contribution in [0.1, 0.15) is 31.7 Å². The molecule has 1 fully saturated rings. The standard InChI is InChI=1S/C25H26O6/c1-2-17-8-10-19(11-9-17)30-23-15-29-22-14-20(12-13-21(22)25(23)27)31-24(26)16-28-18-6-4-3-5-7-18/h3-11,15,20-22H,2,12-14,16H2,1H3. The number of hydrogen-bond acceptors (Lipinski definition) is 6. The molecular weight excluding hydrogens is 396 g/mol. The molecule has 2 aliphatic rings. The normalized spacial score (nSPS) is 22.5. The predicted molar refractivity (Wildman–Crippen MR) is 114 cm³/mol. The van der Waals surface area contributed by atoms with Gasteiger partial charge < -0.3 is 18.9 Å². The van der Waals surface area contributed by atoms with E-state index in [2.05, 4.69) is 6.92 Å². The van der Waals surface area contributed by atoms with Gasteiger partial charge in [0, 0.05) is 6.42 Å². The van der Waals surface area contributed by atoms with E-state index in [0.29, 0.717) is 30.8 Å². The van der Waals surface area contributed by atoms with Gasteiger partial charge in [0.1, 0.15) is 30.0 Å². The molecule has 0 amide bonds. The molecule has 31 heavy (non-hydrogen) atoms. The molecule has 162 valence electrons. The number of Topliss-reactive ketones (excluding diaryl/α,β-unsaturated/α-hetero) is 1. The van der Waals surface area contributed by atoms with Crippen molar-refractivity contribution in [2.75, 3.05) is 6.61 Å². The van der Waals surface area contributed by atoms with E-state index in [9.17, 15) is 9.59 Å². The van der Waals surface area contributed by atoms with Crippen molar-refractivity contribution in [3.63, 3.8) is 0 Å². The van der Waals surface area contributed by atoms with Crippen molar-refractivity contribution < 1.29 is 28.5 Å². The summed E-state index contributed by atoms with van der Waals surface area (Å²) in [7, 11) is 0. The lowest BCUT2D eigenvalue weighted by Crippen LogP contribution is -2.43. The maximum absolute atomic E-state index is 12.9. The van der Waals surface area contributed by atoms with Crippen molar-refractivity contribution in [3.8, 4) is 11.5 Å². The molecule has 3 atom stereocenters. The Morgan fingerprint density at radius 1 is 1.03 bits per heavy atom. The van der Waals surface area contributed by atoms with Crippen LogP contribution in [0.3, 0.4) is 0 Å². The minimum absolute atomic E-state index is 0.0620. The van der Waals surface area contributed by atoms with Crippen LogP contribution < -0.4 is 9.47 Å². The fourth-order valence-electron chi connectivity index (χ4n) is 3.91. The lowest BCUT2D eigenvalue weighted by atomic mass is 9.80. The number of fused-ring (bicyclic) bond motifs is 1. The minimum atomic E-state index is -0.426. The number of carbonyl (C=O) groups is 2. The first-order valence-corrected chi connectivity index (χ1v) is 10.7. The number of carbonyl (C=O) groups excluding carboxylic acids is 2. The molecule has 0 aromatic heterocycles. The van der Waals surface area contributed by atoms with Gasteiger partial charge >= 0.3 is 5.97 Å². The van der Waals surface area contributed by atoms with E-state index < -0.39 is 5.97 Å². The molecule has 1 saturated carbocycles. The second-order valence-electron chi connectivity index (χ2n) is 7.75. The molecule has 3 unspecified atom stereocenters. The van der Waals surface area contributed by atoms with Gasteiger partial charge in [0.05, 0.1) is 5.92 Å². The summed E-state index contributed by atoms with van der Waals surface area (Å²) in [6.07, 6.45) is 3.38. The average molecular weight is 422 g/mol. The van der Waals surface area contributed by atoms with Gasteiger partial charge in [0.2, 0.25) is 11.5 Å². The lowest BCUT2D eigenvalue weighted by Gasteiger charge is -2.36. The van der Waals surface area contributed by atoms with E-state index in [1.165, 1.54) is 11.8 Å². The Labute approximate surface area is 181 Å². The largest absolute Gasteiger partial charge is 0.493 e. The van der Waals surface area contributed by atoms with E-state index in [1.807, 2.05) is 42.5 Å². The molecular formula is C25H26O6. The zero-order valence-corrected chi connectivity index (χ0v) is 17.5. The number of allylic oxidation sites excluding steroid dienone is 1. The Morgan fingerprint density at radius 3 is 2.55 bits per heavy atom. The summed E-state index contributed by atoms with van der Waals surface area (Å²) in [5.74, 6) is 0.673. The number of rotatable bonds is 7. The Morgan fingerprint density at radius 2 is 1.81 bits per heavy atom. The topological polar surface area (TPSA) is 71.1 Å². The van der Waals surface area contributed by atoms with E-state index in [-0.39, 0.29) is 36.3 Å². The first-order chi connectivity index (χ1) is 15.1. The van der Waals surface area contributed by atoms with Crippen LogP contribution in [0.15, 0.2) is 66.6 Å². The molecule has 1 aliphatic heterocycles. The molecule has 2 aromatic rings. The second kappa shape index (κ2) is 9.69. The van der Waals surface area contributed by atoms with Gasteiger partial charge in [-0.25, -0.2) is 4.79 Å². The third-order valence-electron chi connectivity index (χ3n) is 5.63. The quantitative estimate of drug-likeness (QED) is 0.622. The van der Waals surface area contributed by atoms with Gasteiger partial charge in [-0.1, -0.05) is 37.3 Å². The van der Waals surface area contributed by atoms with E-state index in [1.54, 1.807) is 12.1 Å². The third kappa shape index (κ3) is 5.26. The maximum Gasteiger partial charge on any atom is 0.344 e. The first kappa shape index (κ1) is 21.0. The van der Waals surface area contributed by atoms with Crippen molar-refractivity contribution in [2.24, 2.45) is 5.92 Å². The maximum atomic E-state index is 12.9. The molecule has 0 saturated heterocycles. The number of esters is 1. The summed E-state index contributed by atoms with van der Waals surface area (Å²) in [6, 6.07) is 16.8. The van der Waals surface area contributed by atoms with E-state index in [4.69, 9.17) is 18.9 Å². The van der Waals surface area contributed by atoms with Gasteiger partial charge in [-0.3, -0.25) is 4.79 Å². The summed E-state index contributed by atoms with van der Waals surface area (Å²) in [6.45, 7) is 1.93. The Balaban J connectivity index is 1.29. The first-order valence-electron chi connectivity index (χ1n) is 10.7.